The standard InChI is InChI=1S/C18H19BrClNO4/c1-10-5-12(6-11(2)18(10)20)25-9-17(22)21-14-8-15(23-3)13(19)7-16(14)24-4/h5-8H,9H2,1-4H3,(H,21,22). The highest BCUT2D eigenvalue weighted by atomic mass is 79.9. The maximum absolute atomic E-state index is 12.2. The van der Waals surface area contributed by atoms with Gasteiger partial charge < -0.3 is 19.5 Å². The second-order valence-corrected chi connectivity index (χ2v) is 6.63. The summed E-state index contributed by atoms with van der Waals surface area (Å²) in [7, 11) is 3.08. The lowest BCUT2D eigenvalue weighted by atomic mass is 10.1. The molecule has 0 aliphatic heterocycles. The zero-order valence-corrected chi connectivity index (χ0v) is 16.7. The van der Waals surface area contributed by atoms with E-state index in [-0.39, 0.29) is 12.5 Å². The summed E-state index contributed by atoms with van der Waals surface area (Å²) in [5.41, 5.74) is 2.30. The van der Waals surface area contributed by atoms with E-state index in [2.05, 4.69) is 21.2 Å². The van der Waals surface area contributed by atoms with Crippen molar-refractivity contribution in [1.82, 2.24) is 0 Å². The van der Waals surface area contributed by atoms with Gasteiger partial charge in [0.05, 0.1) is 24.4 Å². The summed E-state index contributed by atoms with van der Waals surface area (Å²) < 4.78 is 16.8. The summed E-state index contributed by atoms with van der Waals surface area (Å²) >= 11 is 9.51. The van der Waals surface area contributed by atoms with Crippen molar-refractivity contribution >= 4 is 39.1 Å². The zero-order valence-electron chi connectivity index (χ0n) is 14.4. The fourth-order valence-electron chi connectivity index (χ4n) is 2.28. The van der Waals surface area contributed by atoms with Crippen molar-refractivity contribution in [3.8, 4) is 17.2 Å². The number of hydrogen-bond acceptors (Lipinski definition) is 4. The van der Waals surface area contributed by atoms with Gasteiger partial charge in [0.1, 0.15) is 17.2 Å². The van der Waals surface area contributed by atoms with Crippen LogP contribution in [0.2, 0.25) is 5.02 Å². The van der Waals surface area contributed by atoms with Crippen molar-refractivity contribution in [3.63, 3.8) is 0 Å². The van der Waals surface area contributed by atoms with Crippen molar-refractivity contribution in [2.45, 2.75) is 13.8 Å². The highest BCUT2D eigenvalue weighted by molar-refractivity contribution is 9.10. The molecule has 1 amide bonds. The van der Waals surface area contributed by atoms with Crippen LogP contribution < -0.4 is 19.5 Å². The van der Waals surface area contributed by atoms with Gasteiger partial charge in [0.15, 0.2) is 6.61 Å². The van der Waals surface area contributed by atoms with Gasteiger partial charge in [-0.05, 0) is 53.0 Å². The lowest BCUT2D eigenvalue weighted by molar-refractivity contribution is -0.118. The van der Waals surface area contributed by atoms with Gasteiger partial charge >= 0.3 is 0 Å². The number of aryl methyl sites for hydroxylation is 2. The van der Waals surface area contributed by atoms with Crippen LogP contribution in [-0.2, 0) is 4.79 Å². The van der Waals surface area contributed by atoms with Crippen LogP contribution in [0.15, 0.2) is 28.7 Å². The molecule has 0 spiro atoms. The number of hydrogen-bond donors (Lipinski definition) is 1. The Hall–Kier alpha value is -1.92. The third-order valence-electron chi connectivity index (χ3n) is 3.53. The van der Waals surface area contributed by atoms with Crippen molar-refractivity contribution in [3.05, 3.63) is 44.9 Å². The van der Waals surface area contributed by atoms with E-state index in [1.54, 1.807) is 31.4 Å². The fourth-order valence-corrected chi connectivity index (χ4v) is 2.88. The van der Waals surface area contributed by atoms with Gasteiger partial charge in [-0.1, -0.05) is 11.6 Å². The Morgan fingerprint density at radius 3 is 2.24 bits per heavy atom. The summed E-state index contributed by atoms with van der Waals surface area (Å²) in [4.78, 5) is 12.2. The Labute approximate surface area is 160 Å². The summed E-state index contributed by atoms with van der Waals surface area (Å²) in [5.74, 6) is 1.38. The van der Waals surface area contributed by atoms with E-state index in [9.17, 15) is 4.79 Å². The number of carbonyl (C=O) groups is 1. The normalized spacial score (nSPS) is 10.3. The maximum Gasteiger partial charge on any atom is 0.262 e. The van der Waals surface area contributed by atoms with E-state index < -0.39 is 0 Å². The van der Waals surface area contributed by atoms with E-state index in [4.69, 9.17) is 25.8 Å². The minimum absolute atomic E-state index is 0.137. The molecule has 1 N–H and O–H groups in total. The highest BCUT2D eigenvalue weighted by Crippen LogP contribution is 2.36. The molecule has 0 fully saturated rings. The molecule has 0 aliphatic rings. The van der Waals surface area contributed by atoms with E-state index in [1.807, 2.05) is 13.8 Å². The quantitative estimate of drug-likeness (QED) is 0.721. The molecule has 2 rings (SSSR count). The predicted octanol–water partition coefficient (Wildman–Crippen LogP) is 4.75. The molecule has 0 heterocycles. The van der Waals surface area contributed by atoms with Crippen molar-refractivity contribution in [2.75, 3.05) is 26.1 Å². The molecule has 0 aromatic heterocycles. The highest BCUT2D eigenvalue weighted by Gasteiger charge is 2.13. The number of halogens is 2. The number of benzene rings is 2. The number of methoxy groups -OCH3 is 2. The Morgan fingerprint density at radius 2 is 1.68 bits per heavy atom. The van der Waals surface area contributed by atoms with Crippen LogP contribution >= 0.6 is 27.5 Å². The first-order valence-electron chi connectivity index (χ1n) is 7.46. The SMILES string of the molecule is COc1cc(NC(=O)COc2cc(C)c(Cl)c(C)c2)c(OC)cc1Br. The first-order chi connectivity index (χ1) is 11.8. The molecule has 25 heavy (non-hydrogen) atoms. The van der Waals surface area contributed by atoms with Crippen LogP contribution in [0.4, 0.5) is 5.69 Å². The number of nitrogens with one attached hydrogen (secondary N) is 1. The first-order valence-corrected chi connectivity index (χ1v) is 8.63. The van der Waals surface area contributed by atoms with Gasteiger partial charge in [-0.3, -0.25) is 4.79 Å². The van der Waals surface area contributed by atoms with Gasteiger partial charge in [-0.2, -0.15) is 0 Å². The molecule has 0 atom stereocenters. The lowest BCUT2D eigenvalue weighted by Gasteiger charge is -2.14. The van der Waals surface area contributed by atoms with E-state index in [0.717, 1.165) is 15.6 Å². The number of rotatable bonds is 6. The third kappa shape index (κ3) is 4.80. The summed E-state index contributed by atoms with van der Waals surface area (Å²) in [6.45, 7) is 3.64. The van der Waals surface area contributed by atoms with Crippen LogP contribution in [-0.4, -0.2) is 26.7 Å². The Morgan fingerprint density at radius 1 is 1.08 bits per heavy atom. The Bertz CT molecular complexity index is 772. The Balaban J connectivity index is 2.08. The van der Waals surface area contributed by atoms with E-state index in [0.29, 0.717) is 28.0 Å². The monoisotopic (exact) mass is 427 g/mol. The summed E-state index contributed by atoms with van der Waals surface area (Å²) in [6.07, 6.45) is 0. The van der Waals surface area contributed by atoms with Crippen LogP contribution in [0, 0.1) is 13.8 Å². The Kier molecular flexibility index (Phi) is 6.56. The molecule has 0 radical (unpaired) electrons. The number of carbonyl (C=O) groups excluding carboxylic acids is 1. The predicted molar refractivity (Wildman–Crippen MR) is 102 cm³/mol. The molecule has 5 nitrogen and oxygen atoms in total. The van der Waals surface area contributed by atoms with Crippen molar-refractivity contribution in [1.29, 1.82) is 0 Å². The smallest absolute Gasteiger partial charge is 0.262 e. The number of ether oxygens (including phenoxy) is 3. The van der Waals surface area contributed by atoms with Crippen LogP contribution in [0.25, 0.3) is 0 Å². The minimum atomic E-state index is -0.312. The largest absolute Gasteiger partial charge is 0.495 e. The molecular weight excluding hydrogens is 410 g/mol. The van der Waals surface area contributed by atoms with Crippen molar-refractivity contribution < 1.29 is 19.0 Å². The molecule has 0 bridgehead atoms. The van der Waals surface area contributed by atoms with E-state index >= 15 is 0 Å². The average Bonchev–Trinajstić information content (AvgIpc) is 2.58. The third-order valence-corrected chi connectivity index (χ3v) is 4.74. The van der Waals surface area contributed by atoms with E-state index in [1.165, 1.54) is 7.11 Å². The average molecular weight is 429 g/mol. The lowest BCUT2D eigenvalue weighted by Crippen LogP contribution is -2.20. The van der Waals surface area contributed by atoms with Crippen LogP contribution in [0.1, 0.15) is 11.1 Å². The van der Waals surface area contributed by atoms with Gasteiger partial charge in [0.2, 0.25) is 0 Å². The second-order valence-electron chi connectivity index (χ2n) is 5.39. The van der Waals surface area contributed by atoms with Gasteiger partial charge in [0.25, 0.3) is 5.91 Å². The van der Waals surface area contributed by atoms with Crippen molar-refractivity contribution in [2.24, 2.45) is 0 Å². The molecule has 0 aliphatic carbocycles. The summed E-state index contributed by atoms with van der Waals surface area (Å²) in [6, 6.07) is 7.00. The van der Waals surface area contributed by atoms with Crippen LogP contribution in [0.5, 0.6) is 17.2 Å². The molecule has 7 heteroatoms. The summed E-state index contributed by atoms with van der Waals surface area (Å²) in [5, 5.41) is 3.46. The van der Waals surface area contributed by atoms with Gasteiger partial charge in [-0.25, -0.2) is 0 Å². The molecule has 2 aromatic carbocycles. The molecule has 2 aromatic rings. The van der Waals surface area contributed by atoms with Gasteiger partial charge in [0, 0.05) is 17.2 Å². The first kappa shape index (κ1) is 19.4. The molecule has 0 saturated carbocycles. The molecule has 0 unspecified atom stereocenters. The minimum Gasteiger partial charge on any atom is -0.495 e. The fraction of sp³-hybridized carbons (Fsp3) is 0.278. The molecule has 134 valence electrons. The van der Waals surface area contributed by atoms with Gasteiger partial charge in [-0.15, -0.1) is 0 Å². The second kappa shape index (κ2) is 8.45. The van der Waals surface area contributed by atoms with Crippen LogP contribution in [0.3, 0.4) is 0 Å². The molecule has 0 saturated heterocycles. The zero-order chi connectivity index (χ0) is 18.6. The molecular formula is C18H19BrClNO4. The number of anilines is 1. The topological polar surface area (TPSA) is 56.8 Å². The maximum atomic E-state index is 12.2. The number of amides is 1.